The van der Waals surface area contributed by atoms with Gasteiger partial charge in [-0.1, -0.05) is 0 Å². The van der Waals surface area contributed by atoms with E-state index in [1.807, 2.05) is 19.9 Å². The maximum Gasteiger partial charge on any atom is 0.0687 e. The Bertz CT molecular complexity index is 352. The van der Waals surface area contributed by atoms with Crippen LogP contribution in [-0.4, -0.2) is 20.4 Å². The van der Waals surface area contributed by atoms with Gasteiger partial charge in [0.2, 0.25) is 0 Å². The summed E-state index contributed by atoms with van der Waals surface area (Å²) in [6, 6.07) is 1.94. The molecule has 0 unspecified atom stereocenters. The predicted octanol–water partition coefficient (Wildman–Crippen LogP) is 1.42. The van der Waals surface area contributed by atoms with Gasteiger partial charge in [-0.15, -0.1) is 0 Å². The zero-order valence-corrected chi connectivity index (χ0v) is 7.05. The summed E-state index contributed by atoms with van der Waals surface area (Å²) < 4.78 is 0. The molecular weight excluding hydrogens is 152 g/mol. The second kappa shape index (κ2) is 2.48. The van der Waals surface area contributed by atoms with Gasteiger partial charge in [-0.2, -0.15) is 10.2 Å². The third kappa shape index (κ3) is 0.922. The van der Waals surface area contributed by atoms with Crippen molar-refractivity contribution in [3.63, 3.8) is 0 Å². The summed E-state index contributed by atoms with van der Waals surface area (Å²) in [6.45, 7) is 3.97. The van der Waals surface area contributed by atoms with Crippen LogP contribution in [0.25, 0.3) is 11.3 Å². The summed E-state index contributed by atoms with van der Waals surface area (Å²) >= 11 is 0. The Balaban J connectivity index is 2.60. The highest BCUT2D eigenvalue weighted by molar-refractivity contribution is 5.63. The lowest BCUT2D eigenvalue weighted by Gasteiger charge is -1.94. The van der Waals surface area contributed by atoms with Gasteiger partial charge in [0.05, 0.1) is 11.4 Å². The Labute approximate surface area is 70.0 Å². The van der Waals surface area contributed by atoms with Crippen molar-refractivity contribution in [2.75, 3.05) is 0 Å². The number of aromatic amines is 2. The highest BCUT2D eigenvalue weighted by atomic mass is 15.1. The highest BCUT2D eigenvalue weighted by Gasteiger charge is 2.08. The summed E-state index contributed by atoms with van der Waals surface area (Å²) in [5, 5.41) is 13.8. The molecule has 0 spiro atoms. The molecule has 0 fully saturated rings. The molecule has 0 atom stereocenters. The van der Waals surface area contributed by atoms with Crippen molar-refractivity contribution in [1.82, 2.24) is 20.4 Å². The van der Waals surface area contributed by atoms with Crippen LogP contribution < -0.4 is 0 Å². The highest BCUT2D eigenvalue weighted by Crippen LogP contribution is 2.21. The zero-order valence-electron chi connectivity index (χ0n) is 7.05. The normalized spacial score (nSPS) is 10.5. The van der Waals surface area contributed by atoms with Crippen molar-refractivity contribution in [3.05, 3.63) is 23.7 Å². The van der Waals surface area contributed by atoms with Crippen molar-refractivity contribution >= 4 is 0 Å². The van der Waals surface area contributed by atoms with E-state index in [2.05, 4.69) is 20.4 Å². The van der Waals surface area contributed by atoms with E-state index >= 15 is 0 Å². The number of aryl methyl sites for hydroxylation is 2. The summed E-state index contributed by atoms with van der Waals surface area (Å²) in [4.78, 5) is 0. The quantitative estimate of drug-likeness (QED) is 0.666. The predicted molar refractivity (Wildman–Crippen MR) is 45.6 cm³/mol. The lowest BCUT2D eigenvalue weighted by atomic mass is 10.1. The topological polar surface area (TPSA) is 57.4 Å². The van der Waals surface area contributed by atoms with E-state index in [1.165, 1.54) is 0 Å². The zero-order chi connectivity index (χ0) is 8.55. The van der Waals surface area contributed by atoms with E-state index in [0.717, 1.165) is 22.6 Å². The molecule has 62 valence electrons. The molecule has 2 rings (SSSR count). The van der Waals surface area contributed by atoms with Crippen molar-refractivity contribution in [3.8, 4) is 11.3 Å². The minimum absolute atomic E-state index is 0.997. The second-order valence-corrected chi connectivity index (χ2v) is 2.78. The number of nitrogens with one attached hydrogen (secondary N) is 2. The number of aromatic nitrogens is 4. The monoisotopic (exact) mass is 162 g/mol. The average molecular weight is 162 g/mol. The van der Waals surface area contributed by atoms with Crippen LogP contribution in [0.3, 0.4) is 0 Å². The first kappa shape index (κ1) is 7.09. The van der Waals surface area contributed by atoms with Crippen molar-refractivity contribution in [1.29, 1.82) is 0 Å². The van der Waals surface area contributed by atoms with Gasteiger partial charge in [0.25, 0.3) is 0 Å². The number of hydrogen-bond donors (Lipinski definition) is 2. The van der Waals surface area contributed by atoms with Gasteiger partial charge < -0.3 is 0 Å². The summed E-state index contributed by atoms with van der Waals surface area (Å²) in [6.07, 6.45) is 1.74. The number of hydrogen-bond acceptors (Lipinski definition) is 2. The third-order valence-corrected chi connectivity index (χ3v) is 1.90. The van der Waals surface area contributed by atoms with E-state index in [1.54, 1.807) is 6.20 Å². The van der Waals surface area contributed by atoms with E-state index in [9.17, 15) is 0 Å². The molecule has 0 saturated heterocycles. The molecule has 0 radical (unpaired) electrons. The van der Waals surface area contributed by atoms with Crippen LogP contribution in [0.4, 0.5) is 0 Å². The van der Waals surface area contributed by atoms with Gasteiger partial charge >= 0.3 is 0 Å². The maximum absolute atomic E-state index is 4.10. The first-order chi connectivity index (χ1) is 5.79. The summed E-state index contributed by atoms with van der Waals surface area (Å²) in [5.74, 6) is 0. The first-order valence-corrected chi connectivity index (χ1v) is 3.80. The molecule has 4 nitrogen and oxygen atoms in total. The molecule has 12 heavy (non-hydrogen) atoms. The Kier molecular flexibility index (Phi) is 1.46. The van der Waals surface area contributed by atoms with Crippen molar-refractivity contribution in [2.24, 2.45) is 0 Å². The Hall–Kier alpha value is -1.58. The molecule has 0 saturated carbocycles. The van der Waals surface area contributed by atoms with E-state index in [4.69, 9.17) is 0 Å². The molecule has 4 heteroatoms. The Morgan fingerprint density at radius 3 is 2.58 bits per heavy atom. The average Bonchev–Trinajstić information content (AvgIpc) is 2.61. The largest absolute Gasteiger partial charge is 0.282 e. The lowest BCUT2D eigenvalue weighted by Crippen LogP contribution is -1.81. The maximum atomic E-state index is 4.10. The minimum atomic E-state index is 0.997. The molecule has 0 bridgehead atoms. The first-order valence-electron chi connectivity index (χ1n) is 3.80. The van der Waals surface area contributed by atoms with Crippen LogP contribution in [0.5, 0.6) is 0 Å². The smallest absolute Gasteiger partial charge is 0.0687 e. The summed E-state index contributed by atoms with van der Waals surface area (Å²) in [7, 11) is 0. The molecule has 2 N–H and O–H groups in total. The van der Waals surface area contributed by atoms with Crippen LogP contribution in [0, 0.1) is 13.8 Å². The van der Waals surface area contributed by atoms with Gasteiger partial charge in [-0.25, -0.2) is 0 Å². The fraction of sp³-hybridized carbons (Fsp3) is 0.250. The van der Waals surface area contributed by atoms with Crippen LogP contribution >= 0.6 is 0 Å². The molecule has 2 heterocycles. The second-order valence-electron chi connectivity index (χ2n) is 2.78. The Morgan fingerprint density at radius 1 is 1.25 bits per heavy atom. The van der Waals surface area contributed by atoms with E-state index < -0.39 is 0 Å². The van der Waals surface area contributed by atoms with Crippen LogP contribution in [0.2, 0.25) is 0 Å². The molecule has 0 aromatic carbocycles. The number of nitrogens with zero attached hydrogens (tertiary/aromatic N) is 2. The fourth-order valence-corrected chi connectivity index (χ4v) is 1.34. The Morgan fingerprint density at radius 2 is 2.08 bits per heavy atom. The number of H-pyrrole nitrogens is 2. The molecule has 0 aliphatic heterocycles. The SMILES string of the molecule is Cc1n[nH]c(C)c1-c1ccn[nH]1. The number of rotatable bonds is 1. The fourth-order valence-electron chi connectivity index (χ4n) is 1.34. The molecule has 2 aromatic heterocycles. The van der Waals surface area contributed by atoms with E-state index in [0.29, 0.717) is 0 Å². The molecule has 0 aliphatic rings. The molecule has 0 amide bonds. The minimum Gasteiger partial charge on any atom is -0.282 e. The van der Waals surface area contributed by atoms with Gasteiger partial charge in [-0.05, 0) is 19.9 Å². The molecule has 2 aromatic rings. The van der Waals surface area contributed by atoms with Gasteiger partial charge in [0.1, 0.15) is 0 Å². The summed E-state index contributed by atoms with van der Waals surface area (Å²) in [5.41, 5.74) is 4.19. The third-order valence-electron chi connectivity index (χ3n) is 1.90. The van der Waals surface area contributed by atoms with Crippen molar-refractivity contribution in [2.45, 2.75) is 13.8 Å². The molecule has 0 aliphatic carbocycles. The van der Waals surface area contributed by atoms with Crippen LogP contribution in [0.1, 0.15) is 11.4 Å². The van der Waals surface area contributed by atoms with Crippen LogP contribution in [-0.2, 0) is 0 Å². The molecular formula is C8H10N4. The lowest BCUT2D eigenvalue weighted by molar-refractivity contribution is 1.02. The van der Waals surface area contributed by atoms with Crippen molar-refractivity contribution < 1.29 is 0 Å². The van der Waals surface area contributed by atoms with Gasteiger partial charge in [0, 0.05) is 17.5 Å². The van der Waals surface area contributed by atoms with Gasteiger partial charge in [-0.3, -0.25) is 10.2 Å². The van der Waals surface area contributed by atoms with E-state index in [-0.39, 0.29) is 0 Å². The van der Waals surface area contributed by atoms with Gasteiger partial charge in [0.15, 0.2) is 0 Å². The standard InChI is InChI=1S/C8H10N4/c1-5-8(6(2)11-10-5)7-3-4-9-12-7/h3-4H,1-2H3,(H,9,12)(H,10,11). The van der Waals surface area contributed by atoms with Crippen LogP contribution in [0.15, 0.2) is 12.3 Å².